The Morgan fingerprint density at radius 2 is 1.84 bits per heavy atom. The van der Waals surface area contributed by atoms with E-state index in [9.17, 15) is 13.2 Å². The van der Waals surface area contributed by atoms with Crippen LogP contribution in [0.4, 0.5) is 18.9 Å². The number of fused-ring (bicyclic) bond motifs is 3. The number of halogens is 5. The van der Waals surface area contributed by atoms with Gasteiger partial charge in [-0.2, -0.15) is 13.2 Å². The molecule has 0 aromatic heterocycles. The molecule has 0 bridgehead atoms. The van der Waals surface area contributed by atoms with Crippen molar-refractivity contribution in [1.82, 2.24) is 0 Å². The summed E-state index contributed by atoms with van der Waals surface area (Å²) in [5.41, 5.74) is 1.27. The van der Waals surface area contributed by atoms with E-state index in [1.54, 1.807) is 24.3 Å². The van der Waals surface area contributed by atoms with Crippen LogP contribution in [-0.4, -0.2) is 0 Å². The molecule has 0 saturated carbocycles. The van der Waals surface area contributed by atoms with Gasteiger partial charge in [0.2, 0.25) is 0 Å². The second-order valence-corrected chi connectivity index (χ2v) is 7.25. The minimum Gasteiger partial charge on any atom is -0.378 e. The van der Waals surface area contributed by atoms with E-state index in [2.05, 4.69) is 5.32 Å². The van der Waals surface area contributed by atoms with Crippen LogP contribution >= 0.6 is 23.2 Å². The molecule has 2 aliphatic rings. The third-order valence-corrected chi connectivity index (χ3v) is 5.51. The fourth-order valence-electron chi connectivity index (χ4n) is 3.98. The highest BCUT2D eigenvalue weighted by Gasteiger charge is 2.43. The fourth-order valence-corrected chi connectivity index (χ4v) is 4.60. The maximum atomic E-state index is 13.5. The summed E-state index contributed by atoms with van der Waals surface area (Å²) in [7, 11) is 0. The van der Waals surface area contributed by atoms with Gasteiger partial charge in [-0.15, -0.1) is 0 Å². The van der Waals surface area contributed by atoms with E-state index in [-0.39, 0.29) is 17.4 Å². The van der Waals surface area contributed by atoms with Gasteiger partial charge in [0.05, 0.1) is 11.6 Å². The Morgan fingerprint density at radius 1 is 1.08 bits per heavy atom. The van der Waals surface area contributed by atoms with Gasteiger partial charge >= 0.3 is 6.18 Å². The summed E-state index contributed by atoms with van der Waals surface area (Å²) in [6.45, 7) is 0. The summed E-state index contributed by atoms with van der Waals surface area (Å²) >= 11 is 12.5. The zero-order chi connectivity index (χ0) is 17.8. The Bertz CT molecular complexity index is 860. The minimum atomic E-state index is -4.40. The molecule has 130 valence electrons. The number of nitrogens with one attached hydrogen (secondary N) is 1. The van der Waals surface area contributed by atoms with Crippen LogP contribution in [0.15, 0.2) is 48.6 Å². The van der Waals surface area contributed by atoms with Gasteiger partial charge in [0.25, 0.3) is 0 Å². The molecule has 0 saturated heterocycles. The normalized spacial score (nSPS) is 24.6. The van der Waals surface area contributed by atoms with Gasteiger partial charge in [0.1, 0.15) is 0 Å². The summed E-state index contributed by atoms with van der Waals surface area (Å²) < 4.78 is 40.5. The highest BCUT2D eigenvalue weighted by Crippen LogP contribution is 2.53. The van der Waals surface area contributed by atoms with Gasteiger partial charge in [-0.1, -0.05) is 53.6 Å². The summed E-state index contributed by atoms with van der Waals surface area (Å²) in [6, 6.07) is 8.69. The van der Waals surface area contributed by atoms with E-state index >= 15 is 0 Å². The van der Waals surface area contributed by atoms with Crippen molar-refractivity contribution in [2.24, 2.45) is 5.92 Å². The molecular weight excluding hydrogens is 370 g/mol. The number of allylic oxidation sites excluding steroid dienone is 2. The predicted octanol–water partition coefficient (Wildman–Crippen LogP) is 6.84. The SMILES string of the molecule is FC(F)(F)c1ccccc1[C@@H]1Nc2cc(Cl)cc(Cl)c2[C@@H]2C=CC[C@H]21. The van der Waals surface area contributed by atoms with Crippen molar-refractivity contribution in [1.29, 1.82) is 0 Å². The molecule has 0 unspecified atom stereocenters. The lowest BCUT2D eigenvalue weighted by atomic mass is 9.76. The van der Waals surface area contributed by atoms with Crippen molar-refractivity contribution in [2.75, 3.05) is 5.32 Å². The molecule has 0 fully saturated rings. The first-order chi connectivity index (χ1) is 11.9. The second-order valence-electron chi connectivity index (χ2n) is 6.41. The Labute approximate surface area is 153 Å². The summed E-state index contributed by atoms with van der Waals surface area (Å²) in [5.74, 6) is -0.0398. The van der Waals surface area contributed by atoms with Crippen LogP contribution in [0.25, 0.3) is 0 Å². The number of rotatable bonds is 1. The van der Waals surface area contributed by atoms with Gasteiger partial charge in [-0.25, -0.2) is 0 Å². The number of hydrogen-bond acceptors (Lipinski definition) is 1. The molecule has 2 aromatic rings. The maximum absolute atomic E-state index is 13.5. The van der Waals surface area contributed by atoms with Crippen molar-refractivity contribution < 1.29 is 13.2 Å². The predicted molar refractivity (Wildman–Crippen MR) is 94.3 cm³/mol. The second kappa shape index (κ2) is 5.96. The van der Waals surface area contributed by atoms with E-state index in [0.717, 1.165) is 11.6 Å². The Balaban J connectivity index is 1.86. The Morgan fingerprint density at radius 3 is 2.60 bits per heavy atom. The van der Waals surface area contributed by atoms with E-state index in [1.807, 2.05) is 12.2 Å². The lowest BCUT2D eigenvalue weighted by Crippen LogP contribution is -2.31. The third kappa shape index (κ3) is 2.81. The number of benzene rings is 2. The zero-order valence-electron chi connectivity index (χ0n) is 12.9. The first-order valence-corrected chi connectivity index (χ1v) is 8.70. The van der Waals surface area contributed by atoms with Gasteiger partial charge in [-0.3, -0.25) is 0 Å². The molecule has 6 heteroatoms. The van der Waals surface area contributed by atoms with Gasteiger partial charge < -0.3 is 5.32 Å². The lowest BCUT2D eigenvalue weighted by Gasteiger charge is -2.39. The maximum Gasteiger partial charge on any atom is 0.416 e. The van der Waals surface area contributed by atoms with Gasteiger partial charge in [-0.05, 0) is 36.1 Å². The van der Waals surface area contributed by atoms with Crippen LogP contribution in [0.1, 0.15) is 35.1 Å². The number of anilines is 1. The highest BCUT2D eigenvalue weighted by atomic mass is 35.5. The molecule has 1 aliphatic carbocycles. The zero-order valence-corrected chi connectivity index (χ0v) is 14.5. The van der Waals surface area contributed by atoms with Crippen LogP contribution in [0, 0.1) is 5.92 Å². The van der Waals surface area contributed by atoms with E-state index < -0.39 is 17.8 Å². The monoisotopic (exact) mass is 383 g/mol. The smallest absolute Gasteiger partial charge is 0.378 e. The van der Waals surface area contributed by atoms with Crippen molar-refractivity contribution in [3.8, 4) is 0 Å². The standard InChI is InChI=1S/C19H14Cl2F3N/c20-10-8-15(21)17-11-5-3-6-12(11)18(25-16(17)9-10)13-4-1-2-7-14(13)19(22,23)24/h1-5,7-9,11-12,18,25H,6H2/t11-,12-,18-/m1/s1. The molecule has 25 heavy (non-hydrogen) atoms. The molecule has 2 aromatic carbocycles. The molecule has 1 heterocycles. The van der Waals surface area contributed by atoms with Crippen molar-refractivity contribution in [2.45, 2.75) is 24.6 Å². The van der Waals surface area contributed by atoms with Gasteiger partial charge in [0.15, 0.2) is 0 Å². The quantitative estimate of drug-likeness (QED) is 0.531. The fraction of sp³-hybridized carbons (Fsp3) is 0.263. The Hall–Kier alpha value is -1.65. The van der Waals surface area contributed by atoms with E-state index in [4.69, 9.17) is 23.2 Å². The molecule has 1 nitrogen and oxygen atoms in total. The molecular formula is C19H14Cl2F3N. The van der Waals surface area contributed by atoms with E-state index in [1.165, 1.54) is 6.07 Å². The number of hydrogen-bond donors (Lipinski definition) is 1. The van der Waals surface area contributed by atoms with Gasteiger partial charge in [0, 0.05) is 27.2 Å². The average Bonchev–Trinajstić information content (AvgIpc) is 3.02. The first kappa shape index (κ1) is 16.8. The molecule has 1 aliphatic heterocycles. The van der Waals surface area contributed by atoms with Crippen molar-refractivity contribution in [3.63, 3.8) is 0 Å². The average molecular weight is 384 g/mol. The largest absolute Gasteiger partial charge is 0.416 e. The van der Waals surface area contributed by atoms with Crippen LogP contribution in [0.3, 0.4) is 0 Å². The van der Waals surface area contributed by atoms with E-state index in [0.29, 0.717) is 22.2 Å². The Kier molecular flexibility index (Phi) is 4.00. The van der Waals surface area contributed by atoms with Crippen LogP contribution < -0.4 is 5.32 Å². The molecule has 4 rings (SSSR count). The van der Waals surface area contributed by atoms with Crippen LogP contribution in [0.5, 0.6) is 0 Å². The first-order valence-electron chi connectivity index (χ1n) is 7.94. The van der Waals surface area contributed by atoms with Crippen molar-refractivity contribution in [3.05, 3.63) is 75.3 Å². The van der Waals surface area contributed by atoms with Crippen LogP contribution in [0.2, 0.25) is 10.0 Å². The highest BCUT2D eigenvalue weighted by molar-refractivity contribution is 6.35. The summed E-state index contributed by atoms with van der Waals surface area (Å²) in [5, 5.41) is 4.27. The molecule has 1 N–H and O–H groups in total. The lowest BCUT2D eigenvalue weighted by molar-refractivity contribution is -0.138. The summed E-state index contributed by atoms with van der Waals surface area (Å²) in [4.78, 5) is 0. The molecule has 0 amide bonds. The summed E-state index contributed by atoms with van der Waals surface area (Å²) in [6.07, 6.45) is 0.354. The molecule has 0 spiro atoms. The topological polar surface area (TPSA) is 12.0 Å². The number of alkyl halides is 3. The third-order valence-electron chi connectivity index (χ3n) is 4.98. The van der Waals surface area contributed by atoms with Crippen LogP contribution in [-0.2, 0) is 6.18 Å². The van der Waals surface area contributed by atoms with Crippen molar-refractivity contribution >= 4 is 28.9 Å². The molecule has 3 atom stereocenters. The molecule has 0 radical (unpaired) electrons. The minimum absolute atomic E-state index is 0.0188.